The van der Waals surface area contributed by atoms with Crippen molar-refractivity contribution in [1.82, 2.24) is 0 Å². The Morgan fingerprint density at radius 1 is 0.875 bits per heavy atom. The van der Waals surface area contributed by atoms with E-state index in [9.17, 15) is 0 Å². The summed E-state index contributed by atoms with van der Waals surface area (Å²) >= 11 is 0. The first-order valence-corrected chi connectivity index (χ1v) is 3.79. The predicted molar refractivity (Wildman–Crippen MR) is 39.3 cm³/mol. The zero-order valence-corrected chi connectivity index (χ0v) is 6.93. The van der Waals surface area contributed by atoms with Crippen LogP contribution in [0, 0.1) is 0 Å². The molecule has 0 amide bonds. The van der Waals surface area contributed by atoms with Crippen LogP contribution in [-0.4, -0.2) is 34.4 Å². The maximum atomic E-state index is 8.23. The largest absolute Gasteiger partial charge is 0.392 e. The normalized spacial score (nSPS) is 9.00. The molecule has 52 valence electrons. The van der Waals surface area contributed by atoms with E-state index in [0.29, 0.717) is 0 Å². The molecule has 1 unspecified atom stereocenters. The Morgan fingerprint density at radius 2 is 1.12 bits per heavy atom. The van der Waals surface area contributed by atoms with Gasteiger partial charge in [-0.3, -0.25) is 0 Å². The van der Waals surface area contributed by atoms with Crippen molar-refractivity contribution in [3.05, 3.63) is 0 Å². The van der Waals surface area contributed by atoms with E-state index in [1.165, 1.54) is 0 Å². The highest BCUT2D eigenvalue weighted by molar-refractivity contribution is 7.56. The minimum Gasteiger partial charge on any atom is -0.392 e. The van der Waals surface area contributed by atoms with Crippen molar-refractivity contribution in [1.29, 1.82) is 0 Å². The van der Waals surface area contributed by atoms with E-state index in [0.717, 1.165) is 0 Å². The maximum absolute atomic E-state index is 8.23. The molecular weight excluding hydrogens is 146 g/mol. The van der Waals surface area contributed by atoms with Crippen LogP contribution in [0.5, 0.6) is 0 Å². The Balaban J connectivity index is 0. The summed E-state index contributed by atoms with van der Waals surface area (Å²) in [6, 6.07) is 0. The summed E-state index contributed by atoms with van der Waals surface area (Å²) < 4.78 is 0. The maximum Gasteiger partial charge on any atom is 0.0668 e. The fourth-order valence-corrected chi connectivity index (χ4v) is 0.402. The molecule has 0 fully saturated rings. The molecule has 0 saturated heterocycles. The Hall–Kier alpha value is 0.740. The standard InChI is InChI=1S/C3H9O3P.H3P/c4-1-7(2-5)3-6;/h4-6H,1-3H2;1H3. The van der Waals surface area contributed by atoms with Crippen molar-refractivity contribution in [2.24, 2.45) is 0 Å². The van der Waals surface area contributed by atoms with Gasteiger partial charge >= 0.3 is 0 Å². The van der Waals surface area contributed by atoms with Gasteiger partial charge in [-0.1, -0.05) is 0 Å². The summed E-state index contributed by atoms with van der Waals surface area (Å²) in [7, 11) is -0.887. The Kier molecular flexibility index (Phi) is 11.2. The number of aliphatic hydroxyl groups is 3. The third kappa shape index (κ3) is 4.89. The highest BCUT2D eigenvalue weighted by atomic mass is 31.1. The molecule has 8 heavy (non-hydrogen) atoms. The molecule has 1 atom stereocenters. The highest BCUT2D eigenvalue weighted by Gasteiger charge is 1.98. The summed E-state index contributed by atoms with van der Waals surface area (Å²) in [6.45, 7) is 0. The molecule has 0 rings (SSSR count). The number of hydrogen-bond donors (Lipinski definition) is 3. The zero-order chi connectivity index (χ0) is 5.70. The third-order valence-electron chi connectivity index (χ3n) is 0.600. The van der Waals surface area contributed by atoms with Crippen LogP contribution in [-0.2, 0) is 0 Å². The quantitative estimate of drug-likeness (QED) is 0.479. The average molecular weight is 158 g/mol. The van der Waals surface area contributed by atoms with Crippen LogP contribution in [0.25, 0.3) is 0 Å². The molecular formula is C3H12O3P2. The molecule has 0 aromatic heterocycles. The second-order valence-electron chi connectivity index (χ2n) is 1.10. The van der Waals surface area contributed by atoms with Gasteiger partial charge in [-0.25, -0.2) is 0 Å². The van der Waals surface area contributed by atoms with Crippen LogP contribution in [0.2, 0.25) is 0 Å². The van der Waals surface area contributed by atoms with Crippen molar-refractivity contribution in [2.45, 2.75) is 0 Å². The van der Waals surface area contributed by atoms with E-state index in [2.05, 4.69) is 0 Å². The first-order valence-electron chi connectivity index (χ1n) is 1.90. The molecule has 0 bridgehead atoms. The highest BCUT2D eigenvalue weighted by Crippen LogP contribution is 2.29. The molecule has 0 saturated carbocycles. The van der Waals surface area contributed by atoms with Crippen molar-refractivity contribution in [3.63, 3.8) is 0 Å². The molecule has 0 heterocycles. The number of rotatable bonds is 3. The molecule has 0 aliphatic heterocycles. The Morgan fingerprint density at radius 3 is 1.12 bits per heavy atom. The predicted octanol–water partition coefficient (Wildman–Crippen LogP) is -0.624. The van der Waals surface area contributed by atoms with Gasteiger partial charge in [0.1, 0.15) is 0 Å². The Labute approximate surface area is 53.1 Å². The minimum absolute atomic E-state index is 0. The van der Waals surface area contributed by atoms with Gasteiger partial charge in [0.25, 0.3) is 0 Å². The van der Waals surface area contributed by atoms with Crippen LogP contribution in [0.15, 0.2) is 0 Å². The van der Waals surface area contributed by atoms with E-state index < -0.39 is 7.92 Å². The van der Waals surface area contributed by atoms with E-state index in [4.69, 9.17) is 15.3 Å². The van der Waals surface area contributed by atoms with Crippen LogP contribution in [0.4, 0.5) is 0 Å². The molecule has 0 aromatic rings. The van der Waals surface area contributed by atoms with Gasteiger partial charge in [0.2, 0.25) is 0 Å². The lowest BCUT2D eigenvalue weighted by molar-refractivity contribution is 0.319. The second-order valence-corrected chi connectivity index (χ2v) is 3.29. The van der Waals surface area contributed by atoms with Gasteiger partial charge in [0, 0.05) is 0 Å². The zero-order valence-electron chi connectivity index (χ0n) is 4.62. The lowest BCUT2D eigenvalue weighted by atomic mass is 11.6. The summed E-state index contributed by atoms with van der Waals surface area (Å²) in [5.74, 6) is 0. The summed E-state index contributed by atoms with van der Waals surface area (Å²) in [5, 5.41) is 24.7. The van der Waals surface area contributed by atoms with Crippen LogP contribution >= 0.6 is 17.8 Å². The smallest absolute Gasteiger partial charge is 0.0668 e. The minimum atomic E-state index is -0.887. The van der Waals surface area contributed by atoms with Crippen molar-refractivity contribution in [2.75, 3.05) is 19.0 Å². The average Bonchev–Trinajstić information content (AvgIpc) is 1.72. The van der Waals surface area contributed by atoms with Gasteiger partial charge in [0.05, 0.1) is 19.0 Å². The fourth-order valence-electron chi connectivity index (χ4n) is 0.134. The summed E-state index contributed by atoms with van der Waals surface area (Å²) in [6.07, 6.45) is -0.243. The Bertz CT molecular complexity index is 34.0. The summed E-state index contributed by atoms with van der Waals surface area (Å²) in [4.78, 5) is 0. The first-order chi connectivity index (χ1) is 3.35. The third-order valence-corrected chi connectivity index (χ3v) is 1.80. The number of hydrogen-bond acceptors (Lipinski definition) is 3. The topological polar surface area (TPSA) is 60.7 Å². The van der Waals surface area contributed by atoms with Crippen molar-refractivity contribution < 1.29 is 15.3 Å². The molecule has 3 nitrogen and oxygen atoms in total. The molecule has 0 aromatic carbocycles. The van der Waals surface area contributed by atoms with Gasteiger partial charge in [-0.05, 0) is 7.92 Å². The van der Waals surface area contributed by atoms with Gasteiger partial charge in [0.15, 0.2) is 0 Å². The van der Waals surface area contributed by atoms with E-state index in [1.54, 1.807) is 0 Å². The molecule has 0 aliphatic rings. The van der Waals surface area contributed by atoms with Gasteiger partial charge in [-0.15, -0.1) is 0 Å². The fraction of sp³-hybridized carbons (Fsp3) is 1.00. The molecule has 5 heteroatoms. The first kappa shape index (κ1) is 11.5. The van der Waals surface area contributed by atoms with Gasteiger partial charge in [-0.2, -0.15) is 9.90 Å². The lowest BCUT2D eigenvalue weighted by Gasteiger charge is -2.03. The van der Waals surface area contributed by atoms with Crippen molar-refractivity contribution in [3.8, 4) is 0 Å². The van der Waals surface area contributed by atoms with Gasteiger partial charge < -0.3 is 15.3 Å². The molecule has 0 aliphatic carbocycles. The summed E-state index contributed by atoms with van der Waals surface area (Å²) in [5.41, 5.74) is 0. The van der Waals surface area contributed by atoms with Crippen LogP contribution in [0.1, 0.15) is 0 Å². The monoisotopic (exact) mass is 158 g/mol. The number of aliphatic hydroxyl groups excluding tert-OH is 3. The molecule has 3 N–H and O–H groups in total. The second kappa shape index (κ2) is 7.74. The SMILES string of the molecule is OCP(CO)CO.P. The van der Waals surface area contributed by atoms with E-state index in [-0.39, 0.29) is 28.9 Å². The van der Waals surface area contributed by atoms with Crippen LogP contribution in [0.3, 0.4) is 0 Å². The van der Waals surface area contributed by atoms with Crippen molar-refractivity contribution >= 4 is 17.8 Å². The van der Waals surface area contributed by atoms with E-state index >= 15 is 0 Å². The van der Waals surface area contributed by atoms with Crippen LogP contribution < -0.4 is 0 Å². The van der Waals surface area contributed by atoms with E-state index in [1.807, 2.05) is 0 Å². The molecule has 0 spiro atoms. The lowest BCUT2D eigenvalue weighted by Crippen LogP contribution is -1.91. The molecule has 0 radical (unpaired) electrons.